The number of benzene rings is 1. The first-order valence-corrected chi connectivity index (χ1v) is 9.10. The molecule has 1 atom stereocenters. The van der Waals surface area contributed by atoms with Crippen LogP contribution in [0.1, 0.15) is 40.5 Å². The normalized spacial score (nSPS) is 12.2. The van der Waals surface area contributed by atoms with Gasteiger partial charge in [0, 0.05) is 29.8 Å². The Labute approximate surface area is 151 Å². The van der Waals surface area contributed by atoms with Crippen LogP contribution in [0.15, 0.2) is 41.8 Å². The van der Waals surface area contributed by atoms with Gasteiger partial charge in [0.05, 0.1) is 6.04 Å². The van der Waals surface area contributed by atoms with Gasteiger partial charge in [-0.15, -0.1) is 11.3 Å². The molecule has 2 aromatic rings. The third-order valence-electron chi connectivity index (χ3n) is 3.96. The van der Waals surface area contributed by atoms with E-state index in [0.717, 1.165) is 0 Å². The van der Waals surface area contributed by atoms with Crippen LogP contribution in [-0.2, 0) is 4.79 Å². The zero-order valence-corrected chi connectivity index (χ0v) is 15.3. The maximum absolute atomic E-state index is 12.8. The van der Waals surface area contributed by atoms with Crippen molar-refractivity contribution in [3.05, 3.63) is 58.0 Å². The van der Waals surface area contributed by atoms with Crippen molar-refractivity contribution in [2.24, 2.45) is 0 Å². The first-order chi connectivity index (χ1) is 12.0. The molecule has 1 amide bonds. The molecule has 0 aliphatic rings. The van der Waals surface area contributed by atoms with Crippen molar-refractivity contribution < 1.29 is 14.0 Å². The third kappa shape index (κ3) is 6.07. The SMILES string of the molecule is CN(C)C(CNC(=O)CCCC(=O)c1ccc(F)cc1)c1cccs1. The average Bonchev–Trinajstić information content (AvgIpc) is 3.09. The number of rotatable bonds is 9. The highest BCUT2D eigenvalue weighted by atomic mass is 32.1. The van der Waals surface area contributed by atoms with Gasteiger partial charge in [-0.2, -0.15) is 0 Å². The predicted molar refractivity (Wildman–Crippen MR) is 98.3 cm³/mol. The first-order valence-electron chi connectivity index (χ1n) is 8.22. The molecule has 0 saturated carbocycles. The lowest BCUT2D eigenvalue weighted by Gasteiger charge is -2.23. The Morgan fingerprint density at radius 3 is 2.48 bits per heavy atom. The molecule has 1 aromatic carbocycles. The number of hydrogen-bond donors (Lipinski definition) is 1. The van der Waals surface area contributed by atoms with E-state index in [2.05, 4.69) is 16.3 Å². The number of amides is 1. The van der Waals surface area contributed by atoms with Gasteiger partial charge >= 0.3 is 0 Å². The van der Waals surface area contributed by atoms with Crippen LogP contribution >= 0.6 is 11.3 Å². The molecular formula is C19H23FN2O2S. The molecule has 2 rings (SSSR count). The van der Waals surface area contributed by atoms with Crippen molar-refractivity contribution in [3.8, 4) is 0 Å². The lowest BCUT2D eigenvalue weighted by Crippen LogP contribution is -2.34. The Kier molecular flexibility index (Phi) is 7.28. The minimum atomic E-state index is -0.364. The summed E-state index contributed by atoms with van der Waals surface area (Å²) in [6.07, 6.45) is 1.06. The van der Waals surface area contributed by atoms with Gasteiger partial charge in [-0.05, 0) is 56.2 Å². The minimum Gasteiger partial charge on any atom is -0.354 e. The molecule has 0 bridgehead atoms. The number of ketones is 1. The number of halogens is 1. The summed E-state index contributed by atoms with van der Waals surface area (Å²) in [7, 11) is 3.97. The summed E-state index contributed by atoms with van der Waals surface area (Å²) < 4.78 is 12.8. The fraction of sp³-hybridized carbons (Fsp3) is 0.368. The van der Waals surface area contributed by atoms with Crippen LogP contribution in [0.25, 0.3) is 0 Å². The van der Waals surface area contributed by atoms with Gasteiger partial charge in [-0.3, -0.25) is 9.59 Å². The second kappa shape index (κ2) is 9.44. The molecule has 1 unspecified atom stereocenters. The van der Waals surface area contributed by atoms with Crippen molar-refractivity contribution in [2.75, 3.05) is 20.6 Å². The van der Waals surface area contributed by atoms with E-state index in [1.807, 2.05) is 25.5 Å². The number of likely N-dealkylation sites (N-methyl/N-ethyl adjacent to an activating group) is 1. The highest BCUT2D eigenvalue weighted by Gasteiger charge is 2.16. The molecule has 4 nitrogen and oxygen atoms in total. The molecule has 25 heavy (non-hydrogen) atoms. The lowest BCUT2D eigenvalue weighted by molar-refractivity contribution is -0.121. The zero-order valence-electron chi connectivity index (χ0n) is 14.5. The van der Waals surface area contributed by atoms with Crippen molar-refractivity contribution >= 4 is 23.0 Å². The number of carbonyl (C=O) groups is 2. The minimum absolute atomic E-state index is 0.0599. The number of nitrogens with one attached hydrogen (secondary N) is 1. The summed E-state index contributed by atoms with van der Waals surface area (Å²) >= 11 is 1.67. The van der Waals surface area contributed by atoms with E-state index in [4.69, 9.17) is 0 Å². The number of nitrogens with zero attached hydrogens (tertiary/aromatic N) is 1. The molecule has 1 N–H and O–H groups in total. The fourth-order valence-corrected chi connectivity index (χ4v) is 3.43. The summed E-state index contributed by atoms with van der Waals surface area (Å²) in [6.45, 7) is 0.540. The van der Waals surface area contributed by atoms with Crippen LogP contribution in [0.5, 0.6) is 0 Å². The van der Waals surface area contributed by atoms with E-state index in [1.165, 1.54) is 29.1 Å². The van der Waals surface area contributed by atoms with Crippen LogP contribution in [0.4, 0.5) is 4.39 Å². The van der Waals surface area contributed by atoms with E-state index in [-0.39, 0.29) is 30.0 Å². The Bertz CT molecular complexity index is 684. The van der Waals surface area contributed by atoms with E-state index in [0.29, 0.717) is 24.9 Å². The predicted octanol–water partition coefficient (Wildman–Crippen LogP) is 3.66. The topological polar surface area (TPSA) is 49.4 Å². The van der Waals surface area contributed by atoms with Crippen molar-refractivity contribution in [3.63, 3.8) is 0 Å². The van der Waals surface area contributed by atoms with Gasteiger partial charge < -0.3 is 10.2 Å². The highest BCUT2D eigenvalue weighted by molar-refractivity contribution is 7.10. The van der Waals surface area contributed by atoms with Gasteiger partial charge in [0.2, 0.25) is 5.91 Å². The van der Waals surface area contributed by atoms with Crippen molar-refractivity contribution in [2.45, 2.75) is 25.3 Å². The molecule has 0 spiro atoms. The summed E-state index contributed by atoms with van der Waals surface area (Å²) in [6, 6.07) is 9.69. The second-order valence-electron chi connectivity index (χ2n) is 6.08. The van der Waals surface area contributed by atoms with E-state index < -0.39 is 0 Å². The van der Waals surface area contributed by atoms with Crippen molar-refractivity contribution in [1.82, 2.24) is 10.2 Å². The average molecular weight is 362 g/mol. The van der Waals surface area contributed by atoms with Crippen LogP contribution in [0, 0.1) is 5.82 Å². The summed E-state index contributed by atoms with van der Waals surface area (Å²) in [5.74, 6) is -0.495. The monoisotopic (exact) mass is 362 g/mol. The van der Waals surface area contributed by atoms with E-state index >= 15 is 0 Å². The largest absolute Gasteiger partial charge is 0.354 e. The van der Waals surface area contributed by atoms with Gasteiger partial charge in [0.15, 0.2) is 5.78 Å². The lowest BCUT2D eigenvalue weighted by atomic mass is 10.1. The van der Waals surface area contributed by atoms with Crippen LogP contribution in [0.2, 0.25) is 0 Å². The Morgan fingerprint density at radius 2 is 1.88 bits per heavy atom. The number of hydrogen-bond acceptors (Lipinski definition) is 4. The molecule has 1 aromatic heterocycles. The number of thiophene rings is 1. The molecule has 0 saturated heterocycles. The smallest absolute Gasteiger partial charge is 0.220 e. The molecule has 0 aliphatic heterocycles. The van der Waals surface area contributed by atoms with Gasteiger partial charge in [-0.1, -0.05) is 6.07 Å². The highest BCUT2D eigenvalue weighted by Crippen LogP contribution is 2.22. The quantitative estimate of drug-likeness (QED) is 0.693. The van der Waals surface area contributed by atoms with E-state index in [1.54, 1.807) is 11.3 Å². The molecule has 0 aliphatic carbocycles. The second-order valence-corrected chi connectivity index (χ2v) is 7.06. The standard InChI is InChI=1S/C19H23FN2O2S/c1-22(2)16(18-6-4-12-25-18)13-21-19(24)7-3-5-17(23)14-8-10-15(20)11-9-14/h4,6,8-12,16H,3,5,7,13H2,1-2H3,(H,21,24). The van der Waals surface area contributed by atoms with Crippen molar-refractivity contribution in [1.29, 1.82) is 0 Å². The molecule has 134 valence electrons. The maximum atomic E-state index is 12.8. The summed E-state index contributed by atoms with van der Waals surface area (Å²) in [4.78, 5) is 27.3. The number of Topliss-reactive ketones (excluding diaryl/α,β-unsaturated/α-hetero) is 1. The Morgan fingerprint density at radius 1 is 1.16 bits per heavy atom. The Balaban J connectivity index is 1.73. The van der Waals surface area contributed by atoms with Crippen LogP contribution in [0.3, 0.4) is 0 Å². The first kappa shape index (κ1) is 19.3. The fourth-order valence-electron chi connectivity index (χ4n) is 2.51. The molecule has 0 radical (unpaired) electrons. The molecule has 0 fully saturated rings. The van der Waals surface area contributed by atoms with Gasteiger partial charge in [-0.25, -0.2) is 4.39 Å². The van der Waals surface area contributed by atoms with Crippen LogP contribution in [-0.4, -0.2) is 37.2 Å². The summed E-state index contributed by atoms with van der Waals surface area (Å²) in [5, 5.41) is 4.96. The number of carbonyl (C=O) groups excluding carboxylic acids is 2. The zero-order chi connectivity index (χ0) is 18.2. The van der Waals surface area contributed by atoms with Crippen LogP contribution < -0.4 is 5.32 Å². The maximum Gasteiger partial charge on any atom is 0.220 e. The third-order valence-corrected chi connectivity index (χ3v) is 4.93. The van der Waals surface area contributed by atoms with E-state index in [9.17, 15) is 14.0 Å². The van der Waals surface area contributed by atoms with Gasteiger partial charge in [0.25, 0.3) is 0 Å². The molecule has 1 heterocycles. The summed E-state index contributed by atoms with van der Waals surface area (Å²) in [5.41, 5.74) is 0.479. The molecular weight excluding hydrogens is 339 g/mol. The van der Waals surface area contributed by atoms with Gasteiger partial charge in [0.1, 0.15) is 5.82 Å². The Hall–Kier alpha value is -2.05. The molecule has 6 heteroatoms.